The molecule has 0 aliphatic carbocycles. The van der Waals surface area contributed by atoms with Crippen molar-refractivity contribution in [2.45, 2.75) is 13.8 Å². The van der Waals surface area contributed by atoms with Crippen molar-refractivity contribution in [1.29, 1.82) is 0 Å². The smallest absolute Gasteiger partial charge is 0.323 e. The molecule has 0 fully saturated rings. The Labute approximate surface area is 281 Å². The molecule has 0 heterocycles. The monoisotopic (exact) mass is 722 g/mol. The van der Waals surface area contributed by atoms with Gasteiger partial charge in [-0.25, -0.2) is 9.59 Å². The maximum atomic E-state index is 12.0. The standard InChI is InChI=1S/C14H10Cl4N2O2.C14H11Cl3N2O2/c1-6-10(17)5-11(13(21)12(6)18)20-14(22)19-9-3-7(15)2-8(16)4-9;1-7-10(16)6-11(13(20)12(7)17)19-14(21)18-9-4-2-8(15)3-5-9/h2-5,21H,1H3,(H2,19,20,22);2-6,20H,1H3,(H2,18,19,21). The Bertz CT molecular complexity index is 1670. The number of urea groups is 2. The largest absolute Gasteiger partial charge is 0.504 e. The molecule has 4 amide bonds. The van der Waals surface area contributed by atoms with E-state index in [2.05, 4.69) is 21.3 Å². The van der Waals surface area contributed by atoms with Crippen LogP contribution in [0.15, 0.2) is 54.6 Å². The lowest BCUT2D eigenvalue weighted by atomic mass is 10.2. The number of hydrogen-bond donors (Lipinski definition) is 6. The second-order valence-corrected chi connectivity index (χ2v) is 11.6. The number of phenols is 2. The molecular formula is C28H21Cl7N4O4. The molecule has 43 heavy (non-hydrogen) atoms. The van der Waals surface area contributed by atoms with Crippen LogP contribution in [0.3, 0.4) is 0 Å². The minimum Gasteiger partial charge on any atom is -0.504 e. The fourth-order valence-corrected chi connectivity index (χ4v) is 4.89. The lowest BCUT2D eigenvalue weighted by Crippen LogP contribution is -2.19. The number of hydrogen-bond acceptors (Lipinski definition) is 4. The average molecular weight is 726 g/mol. The Kier molecular flexibility index (Phi) is 12.2. The summed E-state index contributed by atoms with van der Waals surface area (Å²) >= 11 is 41.3. The maximum absolute atomic E-state index is 12.0. The van der Waals surface area contributed by atoms with Crippen LogP contribution in [0.1, 0.15) is 11.1 Å². The van der Waals surface area contributed by atoms with Gasteiger partial charge in [-0.3, -0.25) is 0 Å². The summed E-state index contributed by atoms with van der Waals surface area (Å²) in [7, 11) is 0. The van der Waals surface area contributed by atoms with E-state index < -0.39 is 12.1 Å². The van der Waals surface area contributed by atoms with Gasteiger partial charge < -0.3 is 31.5 Å². The minimum atomic E-state index is -0.607. The second-order valence-electron chi connectivity index (χ2n) is 8.71. The van der Waals surface area contributed by atoms with Gasteiger partial charge in [0.05, 0.1) is 21.4 Å². The molecule has 0 spiro atoms. The van der Waals surface area contributed by atoms with Gasteiger partial charge >= 0.3 is 12.1 Å². The molecule has 0 unspecified atom stereocenters. The third-order valence-electron chi connectivity index (χ3n) is 5.56. The third-order valence-corrected chi connectivity index (χ3v) is 7.96. The zero-order valence-electron chi connectivity index (χ0n) is 22.1. The molecule has 0 aliphatic heterocycles. The van der Waals surface area contributed by atoms with Crippen molar-refractivity contribution in [3.63, 3.8) is 0 Å². The van der Waals surface area contributed by atoms with Crippen LogP contribution in [0.4, 0.5) is 32.3 Å². The number of rotatable bonds is 4. The second kappa shape index (κ2) is 15.2. The van der Waals surface area contributed by atoms with Gasteiger partial charge in [0.15, 0.2) is 11.5 Å². The molecule has 226 valence electrons. The molecule has 0 saturated heterocycles. The molecular weight excluding hydrogens is 705 g/mol. The van der Waals surface area contributed by atoms with Crippen molar-refractivity contribution in [3.05, 3.63) is 101 Å². The zero-order valence-corrected chi connectivity index (χ0v) is 27.3. The summed E-state index contributed by atoms with van der Waals surface area (Å²) in [6.07, 6.45) is 0. The van der Waals surface area contributed by atoms with E-state index in [4.69, 9.17) is 81.2 Å². The summed E-state index contributed by atoms with van der Waals surface area (Å²) < 4.78 is 0. The SMILES string of the molecule is Cc1c(Cl)cc(NC(=O)Nc2cc(Cl)cc(Cl)c2)c(O)c1Cl.Cc1c(Cl)cc(NC(=O)Nc2ccc(Cl)cc2)c(O)c1Cl. The summed E-state index contributed by atoms with van der Waals surface area (Å²) in [5, 5.41) is 32.1. The van der Waals surface area contributed by atoms with Gasteiger partial charge in [-0.1, -0.05) is 81.2 Å². The van der Waals surface area contributed by atoms with Gasteiger partial charge in [0.2, 0.25) is 0 Å². The van der Waals surface area contributed by atoms with E-state index in [1.54, 1.807) is 38.1 Å². The highest BCUT2D eigenvalue weighted by Gasteiger charge is 2.16. The van der Waals surface area contributed by atoms with Crippen LogP contribution in [0.2, 0.25) is 35.2 Å². The highest BCUT2D eigenvalue weighted by atomic mass is 35.5. The van der Waals surface area contributed by atoms with Gasteiger partial charge in [-0.15, -0.1) is 0 Å². The molecule has 4 aromatic carbocycles. The quantitative estimate of drug-likeness (QED) is 0.117. The Hall–Kier alpha value is -2.95. The molecule has 15 heteroatoms. The Morgan fingerprint density at radius 2 is 0.930 bits per heavy atom. The van der Waals surface area contributed by atoms with Crippen molar-refractivity contribution < 1.29 is 19.8 Å². The van der Waals surface area contributed by atoms with E-state index in [1.165, 1.54) is 30.3 Å². The van der Waals surface area contributed by atoms with Gasteiger partial charge in [0.1, 0.15) is 0 Å². The predicted molar refractivity (Wildman–Crippen MR) is 179 cm³/mol. The molecule has 4 aromatic rings. The topological polar surface area (TPSA) is 123 Å². The van der Waals surface area contributed by atoms with Crippen LogP contribution < -0.4 is 21.3 Å². The summed E-state index contributed by atoms with van der Waals surface area (Å²) in [5.41, 5.74) is 2.24. The van der Waals surface area contributed by atoms with E-state index in [1.807, 2.05) is 0 Å². The van der Waals surface area contributed by atoms with Crippen molar-refractivity contribution in [2.24, 2.45) is 0 Å². The van der Waals surface area contributed by atoms with Crippen LogP contribution in [-0.4, -0.2) is 22.3 Å². The van der Waals surface area contributed by atoms with E-state index in [9.17, 15) is 19.8 Å². The Balaban J connectivity index is 0.000000236. The van der Waals surface area contributed by atoms with Crippen molar-refractivity contribution in [3.8, 4) is 11.5 Å². The number of nitrogens with one attached hydrogen (secondary N) is 4. The number of benzene rings is 4. The van der Waals surface area contributed by atoms with Crippen LogP contribution in [0, 0.1) is 13.8 Å². The number of amides is 4. The lowest BCUT2D eigenvalue weighted by molar-refractivity contribution is 0.261. The number of halogens is 7. The molecule has 8 nitrogen and oxygen atoms in total. The van der Waals surface area contributed by atoms with Crippen molar-refractivity contribution in [1.82, 2.24) is 0 Å². The molecule has 0 atom stereocenters. The molecule has 6 N–H and O–H groups in total. The Morgan fingerprint density at radius 1 is 0.535 bits per heavy atom. The summed E-state index contributed by atoms with van der Waals surface area (Å²) in [6, 6.07) is 12.9. The van der Waals surface area contributed by atoms with Crippen LogP contribution in [0.25, 0.3) is 0 Å². The number of phenolic OH excluding ortho intramolecular Hbond substituents is 2. The summed E-state index contributed by atoms with van der Waals surface area (Å²) in [5.74, 6) is -0.493. The minimum absolute atomic E-state index is 0.0774. The first-order valence-electron chi connectivity index (χ1n) is 11.9. The van der Waals surface area contributed by atoms with Crippen LogP contribution in [0.5, 0.6) is 11.5 Å². The maximum Gasteiger partial charge on any atom is 0.323 e. The zero-order chi connectivity index (χ0) is 32.0. The molecule has 0 aromatic heterocycles. The predicted octanol–water partition coefficient (Wildman–Crippen LogP) is 11.3. The first kappa shape index (κ1) is 34.5. The van der Waals surface area contributed by atoms with E-state index >= 15 is 0 Å². The number of carbonyl (C=O) groups is 2. The Morgan fingerprint density at radius 3 is 1.35 bits per heavy atom. The van der Waals surface area contributed by atoms with Gasteiger partial charge in [0.25, 0.3) is 0 Å². The van der Waals surface area contributed by atoms with Crippen molar-refractivity contribution >= 4 is 116 Å². The lowest BCUT2D eigenvalue weighted by Gasteiger charge is -2.12. The van der Waals surface area contributed by atoms with Crippen LogP contribution >= 0.6 is 81.2 Å². The fraction of sp³-hybridized carbons (Fsp3) is 0.0714. The number of anilines is 4. The first-order chi connectivity index (χ1) is 20.2. The molecule has 0 saturated carbocycles. The summed E-state index contributed by atoms with van der Waals surface area (Å²) in [4.78, 5) is 23.8. The van der Waals surface area contributed by atoms with E-state index in [-0.39, 0.29) is 32.9 Å². The molecule has 4 rings (SSSR count). The highest BCUT2D eigenvalue weighted by Crippen LogP contribution is 2.40. The van der Waals surface area contributed by atoms with Gasteiger partial charge in [-0.05, 0) is 79.6 Å². The van der Waals surface area contributed by atoms with Gasteiger partial charge in [-0.2, -0.15) is 0 Å². The molecule has 0 bridgehead atoms. The fourth-order valence-electron chi connectivity index (χ4n) is 3.33. The number of carbonyl (C=O) groups excluding carboxylic acids is 2. The van der Waals surface area contributed by atoms with E-state index in [0.29, 0.717) is 47.6 Å². The molecule has 0 radical (unpaired) electrons. The highest BCUT2D eigenvalue weighted by molar-refractivity contribution is 6.38. The van der Waals surface area contributed by atoms with Crippen molar-refractivity contribution in [2.75, 3.05) is 21.3 Å². The first-order valence-corrected chi connectivity index (χ1v) is 14.5. The summed E-state index contributed by atoms with van der Waals surface area (Å²) in [6.45, 7) is 3.32. The van der Waals surface area contributed by atoms with Gasteiger partial charge in [0, 0.05) is 36.5 Å². The average Bonchev–Trinajstić information content (AvgIpc) is 2.93. The molecule has 0 aliphatic rings. The number of aromatic hydroxyl groups is 2. The normalized spacial score (nSPS) is 10.3. The van der Waals surface area contributed by atoms with Crippen LogP contribution in [-0.2, 0) is 0 Å². The third kappa shape index (κ3) is 9.52. The van der Waals surface area contributed by atoms with E-state index in [0.717, 1.165) is 0 Å².